The minimum Gasteiger partial charge on any atom is -0.384 e. The van der Waals surface area contributed by atoms with Gasteiger partial charge in [0.05, 0.1) is 0 Å². The van der Waals surface area contributed by atoms with Crippen molar-refractivity contribution >= 4 is 36.5 Å². The third-order valence-electron chi connectivity index (χ3n) is 5.27. The molecule has 0 aliphatic heterocycles. The van der Waals surface area contributed by atoms with Crippen molar-refractivity contribution in [3.8, 4) is 0 Å². The molecule has 4 nitrogen and oxygen atoms in total. The van der Waals surface area contributed by atoms with E-state index in [1.165, 1.54) is 24.3 Å². The van der Waals surface area contributed by atoms with E-state index < -0.39 is 17.5 Å². The molecule has 33 heavy (non-hydrogen) atoms. The highest BCUT2D eigenvalue weighted by Gasteiger charge is 2.15. The van der Waals surface area contributed by atoms with Crippen molar-refractivity contribution in [3.05, 3.63) is 105 Å². The first-order chi connectivity index (χ1) is 14.8. The molecule has 0 saturated heterocycles. The van der Waals surface area contributed by atoms with Crippen LogP contribution in [0.4, 0.5) is 13.2 Å². The fourth-order valence-corrected chi connectivity index (χ4v) is 3.67. The summed E-state index contributed by atoms with van der Waals surface area (Å²) in [5.41, 5.74) is 13.0. The number of hydrogen-bond donors (Lipinski definition) is 4. The van der Waals surface area contributed by atoms with Gasteiger partial charge in [0.25, 0.3) is 0 Å². The van der Waals surface area contributed by atoms with Crippen LogP contribution in [-0.2, 0) is 25.7 Å². The lowest BCUT2D eigenvalue weighted by molar-refractivity contribution is 0.579. The molecule has 0 fully saturated rings. The molecule has 0 radical (unpaired) electrons. The van der Waals surface area contributed by atoms with Crippen molar-refractivity contribution in [2.75, 3.05) is 0 Å². The lowest BCUT2D eigenvalue weighted by Crippen LogP contribution is -2.16. The number of benzene rings is 3. The molecule has 0 aliphatic rings. The predicted octanol–water partition coefficient (Wildman–Crippen LogP) is 5.09. The van der Waals surface area contributed by atoms with Gasteiger partial charge in [-0.1, -0.05) is 42.5 Å². The first kappa shape index (κ1) is 28.0. The molecule has 0 aliphatic carbocycles. The average molecular weight is 497 g/mol. The smallest absolute Gasteiger partial charge is 0.129 e. The van der Waals surface area contributed by atoms with Gasteiger partial charge in [0.15, 0.2) is 0 Å². The van der Waals surface area contributed by atoms with Crippen molar-refractivity contribution in [1.29, 1.82) is 10.8 Å². The van der Waals surface area contributed by atoms with Crippen LogP contribution in [0.1, 0.15) is 33.4 Å². The van der Waals surface area contributed by atoms with Gasteiger partial charge in [-0.25, -0.2) is 13.2 Å². The van der Waals surface area contributed by atoms with Crippen LogP contribution < -0.4 is 11.5 Å². The summed E-state index contributed by atoms with van der Waals surface area (Å²) >= 11 is 0. The Kier molecular flexibility index (Phi) is 10.4. The molecule has 3 rings (SSSR count). The van der Waals surface area contributed by atoms with Crippen LogP contribution in [0.25, 0.3) is 0 Å². The SMILES string of the molecule is Cl.Cl.N=C(N)c1cccc(F)c1CCc1cccc(CCc2c(F)cccc2C(=N)N)c1F. The van der Waals surface area contributed by atoms with Crippen LogP contribution in [0.3, 0.4) is 0 Å². The third-order valence-corrected chi connectivity index (χ3v) is 5.27. The summed E-state index contributed by atoms with van der Waals surface area (Å²) in [7, 11) is 0. The largest absolute Gasteiger partial charge is 0.384 e. The standard InChI is InChI=1S/C24H23F3N4.2ClH/c25-20-8-2-6-18(23(28)29)16(20)12-10-14-4-1-5-15(22(14)27)11-13-17-19(24(30)31)7-3-9-21(17)26;;/h1-9H,10-13H2,(H3,28,29)(H3,30,31);2*1H. The summed E-state index contributed by atoms with van der Waals surface area (Å²) in [6.07, 6.45) is 0.812. The number of nitrogens with one attached hydrogen (secondary N) is 2. The fraction of sp³-hybridized carbons (Fsp3) is 0.167. The molecule has 0 atom stereocenters. The monoisotopic (exact) mass is 496 g/mol. The van der Waals surface area contributed by atoms with E-state index in [1.54, 1.807) is 30.3 Å². The highest BCUT2D eigenvalue weighted by Crippen LogP contribution is 2.22. The van der Waals surface area contributed by atoms with E-state index in [9.17, 15) is 8.78 Å². The van der Waals surface area contributed by atoms with E-state index in [-0.39, 0.29) is 73.3 Å². The number of halogens is 5. The van der Waals surface area contributed by atoms with Crippen molar-refractivity contribution < 1.29 is 13.2 Å². The van der Waals surface area contributed by atoms with Gasteiger partial charge in [-0.15, -0.1) is 24.8 Å². The van der Waals surface area contributed by atoms with Crippen LogP contribution in [0.15, 0.2) is 54.6 Å². The summed E-state index contributed by atoms with van der Waals surface area (Å²) in [5, 5.41) is 15.2. The lowest BCUT2D eigenvalue weighted by atomic mass is 9.95. The predicted molar refractivity (Wildman–Crippen MR) is 131 cm³/mol. The fourth-order valence-electron chi connectivity index (χ4n) is 3.67. The molecular weight excluding hydrogens is 472 g/mol. The molecular formula is C24H25Cl2F3N4. The Morgan fingerprint density at radius 2 is 0.970 bits per heavy atom. The first-order valence-corrected chi connectivity index (χ1v) is 9.79. The number of amidine groups is 2. The van der Waals surface area contributed by atoms with Gasteiger partial charge in [0.1, 0.15) is 29.1 Å². The van der Waals surface area contributed by atoms with E-state index in [4.69, 9.17) is 22.3 Å². The highest BCUT2D eigenvalue weighted by atomic mass is 35.5. The first-order valence-electron chi connectivity index (χ1n) is 9.79. The molecule has 6 N–H and O–H groups in total. The Bertz CT molecular complexity index is 1070. The molecule has 0 aromatic heterocycles. The molecule has 9 heteroatoms. The highest BCUT2D eigenvalue weighted by molar-refractivity contribution is 5.97. The molecule has 176 valence electrons. The van der Waals surface area contributed by atoms with Crippen LogP contribution >= 0.6 is 24.8 Å². The molecule has 3 aromatic rings. The van der Waals surface area contributed by atoms with Crippen LogP contribution in [0, 0.1) is 28.3 Å². The Morgan fingerprint density at radius 3 is 1.33 bits per heavy atom. The molecule has 0 heterocycles. The maximum Gasteiger partial charge on any atom is 0.129 e. The second kappa shape index (κ2) is 12.3. The van der Waals surface area contributed by atoms with E-state index in [0.29, 0.717) is 22.3 Å². The minimum absolute atomic E-state index is 0. The Labute approximate surface area is 203 Å². The van der Waals surface area contributed by atoms with Gasteiger partial charge in [0, 0.05) is 11.1 Å². The van der Waals surface area contributed by atoms with Gasteiger partial charge in [0.2, 0.25) is 0 Å². The van der Waals surface area contributed by atoms with Crippen molar-refractivity contribution in [3.63, 3.8) is 0 Å². The lowest BCUT2D eigenvalue weighted by Gasteiger charge is -2.13. The zero-order valence-electron chi connectivity index (χ0n) is 17.6. The number of nitrogen functional groups attached to an aromatic ring is 2. The second-order valence-corrected chi connectivity index (χ2v) is 7.25. The van der Waals surface area contributed by atoms with Gasteiger partial charge in [-0.05, 0) is 60.1 Å². The Hall–Kier alpha value is -3.03. The molecule has 0 saturated carbocycles. The van der Waals surface area contributed by atoms with Gasteiger partial charge >= 0.3 is 0 Å². The van der Waals surface area contributed by atoms with Gasteiger partial charge in [-0.2, -0.15) is 0 Å². The normalized spacial score (nSPS) is 10.2. The van der Waals surface area contributed by atoms with E-state index in [0.717, 1.165) is 0 Å². The summed E-state index contributed by atoms with van der Waals surface area (Å²) in [4.78, 5) is 0. The van der Waals surface area contributed by atoms with Crippen LogP contribution in [0.2, 0.25) is 0 Å². The molecule has 3 aromatic carbocycles. The van der Waals surface area contributed by atoms with Gasteiger partial charge < -0.3 is 11.5 Å². The minimum atomic E-state index is -0.486. The summed E-state index contributed by atoms with van der Waals surface area (Å²) in [5.74, 6) is -1.88. The maximum atomic E-state index is 15.1. The maximum absolute atomic E-state index is 15.1. The second-order valence-electron chi connectivity index (χ2n) is 7.25. The zero-order valence-corrected chi connectivity index (χ0v) is 19.3. The summed E-state index contributed by atoms with van der Waals surface area (Å²) < 4.78 is 43.5. The molecule has 0 spiro atoms. The summed E-state index contributed by atoms with van der Waals surface area (Å²) in [6, 6.07) is 13.6. The van der Waals surface area contributed by atoms with Crippen molar-refractivity contribution in [2.24, 2.45) is 11.5 Å². The molecule has 0 bridgehead atoms. The molecule has 0 amide bonds. The number of aryl methyl sites for hydroxylation is 2. The van der Waals surface area contributed by atoms with E-state index >= 15 is 4.39 Å². The number of hydrogen-bond acceptors (Lipinski definition) is 2. The number of nitrogens with two attached hydrogens (primary N) is 2. The van der Waals surface area contributed by atoms with Crippen molar-refractivity contribution in [2.45, 2.75) is 25.7 Å². The van der Waals surface area contributed by atoms with Gasteiger partial charge in [-0.3, -0.25) is 10.8 Å². The quantitative estimate of drug-likeness (QED) is 0.258. The van der Waals surface area contributed by atoms with E-state index in [1.807, 2.05) is 0 Å². The summed E-state index contributed by atoms with van der Waals surface area (Å²) in [6.45, 7) is 0. The Balaban J connectivity index is 0.00000272. The third kappa shape index (κ3) is 6.49. The van der Waals surface area contributed by atoms with Crippen LogP contribution in [-0.4, -0.2) is 11.7 Å². The van der Waals surface area contributed by atoms with Crippen molar-refractivity contribution in [1.82, 2.24) is 0 Å². The zero-order chi connectivity index (χ0) is 22.5. The Morgan fingerprint density at radius 1 is 0.606 bits per heavy atom. The van der Waals surface area contributed by atoms with Crippen LogP contribution in [0.5, 0.6) is 0 Å². The number of rotatable bonds is 8. The van der Waals surface area contributed by atoms with E-state index in [2.05, 4.69) is 0 Å². The topological polar surface area (TPSA) is 99.7 Å². The average Bonchev–Trinajstić information content (AvgIpc) is 2.73. The molecule has 0 unspecified atom stereocenters.